The molecular formula is C20H30N2O3. The van der Waals surface area contributed by atoms with Crippen molar-refractivity contribution in [3.63, 3.8) is 0 Å². The van der Waals surface area contributed by atoms with E-state index in [0.29, 0.717) is 39.0 Å². The number of aryl methyl sites for hydroxylation is 1. The van der Waals surface area contributed by atoms with Gasteiger partial charge in [-0.15, -0.1) is 0 Å². The van der Waals surface area contributed by atoms with Gasteiger partial charge in [-0.2, -0.15) is 0 Å². The van der Waals surface area contributed by atoms with Crippen molar-refractivity contribution < 1.29 is 14.3 Å². The number of nitrogens with zero attached hydrogens (tertiary/aromatic N) is 2. The summed E-state index contributed by atoms with van der Waals surface area (Å²) in [7, 11) is 1.64. The van der Waals surface area contributed by atoms with Crippen LogP contribution in [0.2, 0.25) is 0 Å². The van der Waals surface area contributed by atoms with Crippen LogP contribution in [-0.4, -0.2) is 54.9 Å². The maximum atomic E-state index is 12.4. The molecule has 0 aliphatic carbocycles. The molecule has 1 aliphatic rings. The summed E-state index contributed by atoms with van der Waals surface area (Å²) in [5.41, 5.74) is 1.13. The Morgan fingerprint density at radius 2 is 1.48 bits per heavy atom. The highest BCUT2D eigenvalue weighted by molar-refractivity contribution is 5.79. The fourth-order valence-electron chi connectivity index (χ4n) is 2.97. The molecular weight excluding hydrogens is 316 g/mol. The number of carbonyl (C=O) groups is 2. The molecule has 1 aromatic rings. The first kappa shape index (κ1) is 19.3. The maximum absolute atomic E-state index is 12.4. The van der Waals surface area contributed by atoms with E-state index in [1.165, 1.54) is 0 Å². The maximum Gasteiger partial charge on any atom is 0.223 e. The summed E-state index contributed by atoms with van der Waals surface area (Å²) < 4.78 is 5.14. The van der Waals surface area contributed by atoms with Gasteiger partial charge in [-0.3, -0.25) is 9.59 Å². The minimum atomic E-state index is 0.00238. The average Bonchev–Trinajstić information content (AvgIpc) is 2.58. The second kappa shape index (κ2) is 8.37. The standard InChI is InChI=1S/C20H30N2O3/c1-20(2,3)15-19(24)22-13-11-21(12-14-22)18(23)10-7-16-5-8-17(25-4)9-6-16/h5-6,8-9H,7,10-15H2,1-4H3. The Hall–Kier alpha value is -2.04. The molecule has 1 aromatic carbocycles. The van der Waals surface area contributed by atoms with E-state index >= 15 is 0 Å². The zero-order valence-electron chi connectivity index (χ0n) is 15.9. The predicted molar refractivity (Wildman–Crippen MR) is 98.5 cm³/mol. The number of rotatable bonds is 5. The fraction of sp³-hybridized carbons (Fsp3) is 0.600. The summed E-state index contributed by atoms with van der Waals surface area (Å²) in [6.45, 7) is 8.78. The lowest BCUT2D eigenvalue weighted by Gasteiger charge is -2.36. The van der Waals surface area contributed by atoms with Gasteiger partial charge >= 0.3 is 0 Å². The Bertz CT molecular complexity index is 582. The summed E-state index contributed by atoms with van der Waals surface area (Å²) >= 11 is 0. The Balaban J connectivity index is 1.76. The van der Waals surface area contributed by atoms with Crippen molar-refractivity contribution in [1.82, 2.24) is 9.80 Å². The van der Waals surface area contributed by atoms with Gasteiger partial charge in [0.05, 0.1) is 7.11 Å². The second-order valence-corrected chi connectivity index (χ2v) is 7.85. The largest absolute Gasteiger partial charge is 0.497 e. The molecule has 138 valence electrons. The molecule has 2 amide bonds. The molecule has 0 unspecified atom stereocenters. The molecule has 5 heteroatoms. The Morgan fingerprint density at radius 1 is 0.960 bits per heavy atom. The molecule has 0 N–H and O–H groups in total. The first-order chi connectivity index (χ1) is 11.8. The van der Waals surface area contributed by atoms with E-state index in [1.54, 1.807) is 7.11 Å². The van der Waals surface area contributed by atoms with E-state index in [1.807, 2.05) is 34.1 Å². The van der Waals surface area contributed by atoms with Crippen LogP contribution in [0.5, 0.6) is 5.75 Å². The van der Waals surface area contributed by atoms with E-state index in [2.05, 4.69) is 20.8 Å². The Kier molecular flexibility index (Phi) is 6.45. The Labute approximate surface area is 150 Å². The van der Waals surface area contributed by atoms with Crippen LogP contribution in [0.1, 0.15) is 39.2 Å². The van der Waals surface area contributed by atoms with Crippen LogP contribution in [0.3, 0.4) is 0 Å². The highest BCUT2D eigenvalue weighted by atomic mass is 16.5. The zero-order valence-corrected chi connectivity index (χ0v) is 15.9. The molecule has 1 heterocycles. The van der Waals surface area contributed by atoms with Crippen LogP contribution >= 0.6 is 0 Å². The number of benzene rings is 1. The minimum absolute atomic E-state index is 0.00238. The monoisotopic (exact) mass is 346 g/mol. The van der Waals surface area contributed by atoms with Gasteiger partial charge in [0.2, 0.25) is 11.8 Å². The van der Waals surface area contributed by atoms with Gasteiger partial charge in [0, 0.05) is 39.0 Å². The van der Waals surface area contributed by atoms with Crippen molar-refractivity contribution in [2.45, 2.75) is 40.0 Å². The van der Waals surface area contributed by atoms with Crippen LogP contribution in [0, 0.1) is 5.41 Å². The summed E-state index contributed by atoms with van der Waals surface area (Å²) in [6, 6.07) is 7.82. The van der Waals surface area contributed by atoms with E-state index in [0.717, 1.165) is 17.7 Å². The number of carbonyl (C=O) groups excluding carboxylic acids is 2. The van der Waals surface area contributed by atoms with Gasteiger partial charge < -0.3 is 14.5 Å². The van der Waals surface area contributed by atoms with E-state index in [-0.39, 0.29) is 17.2 Å². The SMILES string of the molecule is COc1ccc(CCC(=O)N2CCN(C(=O)CC(C)(C)C)CC2)cc1. The lowest BCUT2D eigenvalue weighted by atomic mass is 9.91. The third-order valence-electron chi connectivity index (χ3n) is 4.45. The molecule has 1 fully saturated rings. The molecule has 0 atom stereocenters. The van der Waals surface area contributed by atoms with Gasteiger partial charge in [-0.05, 0) is 29.5 Å². The molecule has 2 rings (SSSR count). The van der Waals surface area contributed by atoms with Gasteiger partial charge in [-0.25, -0.2) is 0 Å². The second-order valence-electron chi connectivity index (χ2n) is 7.85. The molecule has 0 bridgehead atoms. The van der Waals surface area contributed by atoms with E-state index in [4.69, 9.17) is 4.74 Å². The van der Waals surface area contributed by atoms with Crippen molar-refractivity contribution in [2.24, 2.45) is 5.41 Å². The lowest BCUT2D eigenvalue weighted by molar-refractivity contribution is -0.140. The first-order valence-corrected chi connectivity index (χ1v) is 8.97. The van der Waals surface area contributed by atoms with Crippen molar-refractivity contribution in [1.29, 1.82) is 0 Å². The quantitative estimate of drug-likeness (QED) is 0.824. The van der Waals surface area contributed by atoms with E-state index in [9.17, 15) is 9.59 Å². The summed E-state index contributed by atoms with van der Waals surface area (Å²) in [6.07, 6.45) is 1.78. The number of piperazine rings is 1. The topological polar surface area (TPSA) is 49.9 Å². The Morgan fingerprint density at radius 3 is 1.96 bits per heavy atom. The number of hydrogen-bond acceptors (Lipinski definition) is 3. The summed E-state index contributed by atoms with van der Waals surface area (Å²) in [4.78, 5) is 28.4. The van der Waals surface area contributed by atoms with Gasteiger partial charge in [0.25, 0.3) is 0 Å². The molecule has 0 saturated carbocycles. The molecule has 1 saturated heterocycles. The zero-order chi connectivity index (χ0) is 18.4. The van der Waals surface area contributed by atoms with Crippen molar-refractivity contribution in [3.05, 3.63) is 29.8 Å². The smallest absolute Gasteiger partial charge is 0.223 e. The number of ether oxygens (including phenoxy) is 1. The van der Waals surface area contributed by atoms with Crippen LogP contribution in [0.15, 0.2) is 24.3 Å². The highest BCUT2D eigenvalue weighted by Gasteiger charge is 2.26. The lowest BCUT2D eigenvalue weighted by Crippen LogP contribution is -2.51. The molecule has 5 nitrogen and oxygen atoms in total. The minimum Gasteiger partial charge on any atom is -0.497 e. The van der Waals surface area contributed by atoms with Crippen LogP contribution < -0.4 is 4.74 Å². The van der Waals surface area contributed by atoms with Crippen LogP contribution in [0.25, 0.3) is 0 Å². The third-order valence-corrected chi connectivity index (χ3v) is 4.45. The van der Waals surface area contributed by atoms with E-state index < -0.39 is 0 Å². The molecule has 25 heavy (non-hydrogen) atoms. The highest BCUT2D eigenvalue weighted by Crippen LogP contribution is 2.20. The molecule has 1 aliphatic heterocycles. The van der Waals surface area contributed by atoms with Gasteiger partial charge in [-0.1, -0.05) is 32.9 Å². The third kappa shape index (κ3) is 6.07. The number of amides is 2. The molecule has 0 spiro atoms. The van der Waals surface area contributed by atoms with Gasteiger partial charge in [0.1, 0.15) is 5.75 Å². The normalized spacial score (nSPS) is 15.2. The number of methoxy groups -OCH3 is 1. The number of hydrogen-bond donors (Lipinski definition) is 0. The average molecular weight is 346 g/mol. The van der Waals surface area contributed by atoms with Gasteiger partial charge in [0.15, 0.2) is 0 Å². The van der Waals surface area contributed by atoms with Crippen molar-refractivity contribution >= 4 is 11.8 Å². The van der Waals surface area contributed by atoms with Crippen molar-refractivity contribution in [2.75, 3.05) is 33.3 Å². The van der Waals surface area contributed by atoms with Crippen LogP contribution in [0.4, 0.5) is 0 Å². The van der Waals surface area contributed by atoms with Crippen molar-refractivity contribution in [3.8, 4) is 5.75 Å². The first-order valence-electron chi connectivity index (χ1n) is 8.97. The summed E-state index contributed by atoms with van der Waals surface area (Å²) in [5.74, 6) is 1.18. The van der Waals surface area contributed by atoms with Crippen LogP contribution in [-0.2, 0) is 16.0 Å². The molecule has 0 radical (unpaired) electrons. The predicted octanol–water partition coefficient (Wildman–Crippen LogP) is 2.73. The fourth-order valence-corrected chi connectivity index (χ4v) is 2.97. The summed E-state index contributed by atoms with van der Waals surface area (Å²) in [5, 5.41) is 0. The molecule has 0 aromatic heterocycles.